The predicted molar refractivity (Wildman–Crippen MR) is 150 cm³/mol. The molecule has 0 spiro atoms. The molecule has 2 aliphatic rings. The highest BCUT2D eigenvalue weighted by atomic mass is 19.4. The molecule has 1 saturated heterocycles. The van der Waals surface area contributed by atoms with Gasteiger partial charge in [0.2, 0.25) is 11.8 Å². The van der Waals surface area contributed by atoms with Gasteiger partial charge in [0.1, 0.15) is 17.1 Å². The molecule has 3 heterocycles. The van der Waals surface area contributed by atoms with Crippen molar-refractivity contribution in [1.29, 1.82) is 0 Å². The predicted octanol–water partition coefficient (Wildman–Crippen LogP) is 4.04. The number of halogens is 3. The summed E-state index contributed by atoms with van der Waals surface area (Å²) >= 11 is 0. The van der Waals surface area contributed by atoms with E-state index in [9.17, 15) is 22.8 Å². The third kappa shape index (κ3) is 6.20. The number of carbonyl (C=O) groups is 2. The highest BCUT2D eigenvalue weighted by molar-refractivity contribution is 6.01. The van der Waals surface area contributed by atoms with Crippen molar-refractivity contribution in [2.75, 3.05) is 39.7 Å². The molecule has 2 aliphatic heterocycles. The van der Waals surface area contributed by atoms with Crippen LogP contribution >= 0.6 is 0 Å². The number of rotatable bonds is 8. The van der Waals surface area contributed by atoms with Gasteiger partial charge in [-0.2, -0.15) is 18.2 Å². The van der Waals surface area contributed by atoms with Crippen LogP contribution in [0.15, 0.2) is 36.5 Å². The van der Waals surface area contributed by atoms with Crippen LogP contribution in [0.25, 0.3) is 0 Å². The molecule has 0 aliphatic carbocycles. The van der Waals surface area contributed by atoms with E-state index in [1.54, 1.807) is 39.3 Å². The van der Waals surface area contributed by atoms with Crippen molar-refractivity contribution in [3.63, 3.8) is 0 Å². The minimum absolute atomic E-state index is 0.0461. The lowest BCUT2D eigenvalue weighted by Gasteiger charge is -2.31. The third-order valence-corrected chi connectivity index (χ3v) is 7.43. The summed E-state index contributed by atoms with van der Waals surface area (Å²) in [6, 6.07) is 7.70. The van der Waals surface area contributed by atoms with Gasteiger partial charge in [0.05, 0.1) is 30.5 Å². The van der Waals surface area contributed by atoms with Crippen LogP contribution in [0.5, 0.6) is 17.4 Å². The molecular weight excluding hydrogens is 569 g/mol. The lowest BCUT2D eigenvalue weighted by molar-refractivity contribution is -0.139. The van der Waals surface area contributed by atoms with Crippen molar-refractivity contribution in [1.82, 2.24) is 25.5 Å². The summed E-state index contributed by atoms with van der Waals surface area (Å²) < 4.78 is 58.3. The van der Waals surface area contributed by atoms with Crippen LogP contribution in [-0.2, 0) is 17.5 Å². The topological polar surface area (TPSA) is 127 Å². The average molecular weight is 601 g/mol. The smallest absolute Gasteiger partial charge is 0.423 e. The molecule has 11 nitrogen and oxygen atoms in total. The summed E-state index contributed by atoms with van der Waals surface area (Å²) in [6.07, 6.45) is -3.70. The zero-order valence-corrected chi connectivity index (χ0v) is 24.0. The van der Waals surface area contributed by atoms with Gasteiger partial charge in [-0.1, -0.05) is 12.1 Å². The summed E-state index contributed by atoms with van der Waals surface area (Å²) in [7, 11) is 4.58. The number of methoxy groups -OCH3 is 2. The fraction of sp³-hybridized carbons (Fsp3) is 0.379. The van der Waals surface area contributed by atoms with E-state index in [0.717, 1.165) is 6.54 Å². The zero-order valence-electron chi connectivity index (χ0n) is 24.0. The van der Waals surface area contributed by atoms with Gasteiger partial charge in [0.15, 0.2) is 0 Å². The maximum atomic E-state index is 13.9. The fourth-order valence-corrected chi connectivity index (χ4v) is 5.17. The van der Waals surface area contributed by atoms with E-state index in [2.05, 4.69) is 25.9 Å². The first-order chi connectivity index (χ1) is 20.5. The largest absolute Gasteiger partial charge is 0.495 e. The molecule has 3 N–H and O–H groups in total. The number of hydrogen-bond acceptors (Lipinski definition) is 9. The summed E-state index contributed by atoms with van der Waals surface area (Å²) in [5.41, 5.74) is 0.857. The van der Waals surface area contributed by atoms with Crippen molar-refractivity contribution in [2.45, 2.75) is 38.2 Å². The maximum absolute atomic E-state index is 13.9. The Morgan fingerprint density at radius 2 is 1.98 bits per heavy atom. The van der Waals surface area contributed by atoms with Gasteiger partial charge in [0, 0.05) is 39.0 Å². The lowest BCUT2D eigenvalue weighted by atomic mass is 10.0. The molecular formula is C29H31F3N6O5. The van der Waals surface area contributed by atoms with Crippen molar-refractivity contribution in [3.8, 4) is 17.4 Å². The normalized spacial score (nSPS) is 18.3. The van der Waals surface area contributed by atoms with Crippen LogP contribution < -0.4 is 25.4 Å². The summed E-state index contributed by atoms with van der Waals surface area (Å²) in [4.78, 5) is 35.1. The standard InChI is InChI=1S/C29H31F3N6O5/c1-15-10-20(22(41-3)11-17(15)25(39)35-19-8-9-33-13-23(19)42-4)36-28-34-12-18(29(30,31)32)26(37-28)43-21-7-5-6-16-14-38(2)27(40)24(16)21/h5-7,10-12,19,23,33H,8-9,13-14H2,1-4H3,(H,35,39)(H,34,36,37)/t19-,23-/m1/s1. The zero-order chi connectivity index (χ0) is 30.9. The number of nitrogens with zero attached hydrogens (tertiary/aromatic N) is 3. The maximum Gasteiger partial charge on any atom is 0.423 e. The molecule has 2 atom stereocenters. The van der Waals surface area contributed by atoms with Crippen LogP contribution in [0.4, 0.5) is 24.8 Å². The van der Waals surface area contributed by atoms with E-state index in [1.807, 2.05) is 0 Å². The minimum atomic E-state index is -4.83. The van der Waals surface area contributed by atoms with Crippen LogP contribution in [0.2, 0.25) is 0 Å². The number of nitrogens with one attached hydrogen (secondary N) is 3. The number of carbonyl (C=O) groups excluding carboxylic acids is 2. The summed E-state index contributed by atoms with van der Waals surface area (Å²) in [6.45, 7) is 3.40. The monoisotopic (exact) mass is 600 g/mol. The van der Waals surface area contributed by atoms with Gasteiger partial charge in [-0.3, -0.25) is 9.59 Å². The highest BCUT2D eigenvalue weighted by Gasteiger charge is 2.38. The van der Waals surface area contributed by atoms with Gasteiger partial charge in [-0.15, -0.1) is 0 Å². The molecule has 0 saturated carbocycles. The van der Waals surface area contributed by atoms with Gasteiger partial charge in [-0.05, 0) is 49.2 Å². The molecule has 1 aromatic heterocycles. The Morgan fingerprint density at radius 1 is 1.19 bits per heavy atom. The number of alkyl halides is 3. The molecule has 0 radical (unpaired) electrons. The Balaban J connectivity index is 1.43. The number of benzene rings is 2. The molecule has 0 unspecified atom stereocenters. The second kappa shape index (κ2) is 12.1. The Labute approximate surface area is 245 Å². The van der Waals surface area contributed by atoms with Gasteiger partial charge < -0.3 is 35.1 Å². The second-order valence-corrected chi connectivity index (χ2v) is 10.3. The molecule has 43 heavy (non-hydrogen) atoms. The van der Waals surface area contributed by atoms with Gasteiger partial charge in [-0.25, -0.2) is 4.98 Å². The van der Waals surface area contributed by atoms with Gasteiger partial charge in [0.25, 0.3) is 11.8 Å². The number of fused-ring (bicyclic) bond motifs is 1. The van der Waals surface area contributed by atoms with E-state index in [0.29, 0.717) is 48.1 Å². The lowest BCUT2D eigenvalue weighted by Crippen LogP contribution is -2.53. The van der Waals surface area contributed by atoms with Crippen LogP contribution in [0.1, 0.15) is 43.8 Å². The van der Waals surface area contributed by atoms with Crippen molar-refractivity contribution >= 4 is 23.5 Å². The van der Waals surface area contributed by atoms with Crippen molar-refractivity contribution < 1.29 is 37.0 Å². The minimum Gasteiger partial charge on any atom is -0.495 e. The van der Waals surface area contributed by atoms with E-state index in [1.165, 1.54) is 24.1 Å². The Morgan fingerprint density at radius 3 is 2.70 bits per heavy atom. The summed E-state index contributed by atoms with van der Waals surface area (Å²) in [5.74, 6) is -1.48. The number of hydrogen-bond donors (Lipinski definition) is 3. The molecule has 5 rings (SSSR count). The quantitative estimate of drug-likeness (QED) is 0.351. The van der Waals surface area contributed by atoms with Crippen molar-refractivity contribution in [2.24, 2.45) is 0 Å². The van der Waals surface area contributed by atoms with Crippen LogP contribution in [0.3, 0.4) is 0 Å². The highest BCUT2D eigenvalue weighted by Crippen LogP contribution is 2.40. The molecule has 0 bridgehead atoms. The first-order valence-electron chi connectivity index (χ1n) is 13.5. The number of ether oxygens (including phenoxy) is 3. The molecule has 3 aromatic rings. The Kier molecular flexibility index (Phi) is 8.42. The number of anilines is 2. The van der Waals surface area contributed by atoms with Crippen LogP contribution in [-0.4, -0.2) is 73.2 Å². The molecule has 2 amide bonds. The van der Waals surface area contributed by atoms with Crippen molar-refractivity contribution in [3.05, 3.63) is 64.3 Å². The third-order valence-electron chi connectivity index (χ3n) is 7.43. The SMILES string of the molecule is COc1cc(C(=O)N[C@@H]2CCNC[C@H]2OC)c(C)cc1Nc1ncc(C(F)(F)F)c(Oc2cccc3c2C(=O)N(C)C3)n1. The van der Waals surface area contributed by atoms with E-state index in [-0.39, 0.29) is 47.0 Å². The summed E-state index contributed by atoms with van der Waals surface area (Å²) in [5, 5.41) is 9.12. The molecule has 1 fully saturated rings. The second-order valence-electron chi connectivity index (χ2n) is 10.3. The molecule has 2 aromatic carbocycles. The first kappa shape index (κ1) is 30.0. The molecule has 228 valence electrons. The number of piperidine rings is 1. The van der Waals surface area contributed by atoms with Gasteiger partial charge >= 0.3 is 6.18 Å². The molecule has 14 heteroatoms. The fourth-order valence-electron chi connectivity index (χ4n) is 5.17. The number of aryl methyl sites for hydroxylation is 1. The average Bonchev–Trinajstić information content (AvgIpc) is 3.26. The Bertz CT molecular complexity index is 1550. The number of amides is 2. The van der Waals surface area contributed by atoms with E-state index < -0.39 is 17.6 Å². The number of aromatic nitrogens is 2. The van der Waals surface area contributed by atoms with Crippen LogP contribution in [0, 0.1) is 6.92 Å². The first-order valence-corrected chi connectivity index (χ1v) is 13.5. The Hall–Kier alpha value is -4.43. The van der Waals surface area contributed by atoms with E-state index >= 15 is 0 Å². The van der Waals surface area contributed by atoms with E-state index in [4.69, 9.17) is 14.2 Å².